The van der Waals surface area contributed by atoms with Crippen molar-refractivity contribution in [2.24, 2.45) is 11.7 Å². The van der Waals surface area contributed by atoms with Crippen LogP contribution in [-0.4, -0.2) is 36.3 Å². The van der Waals surface area contributed by atoms with Crippen LogP contribution < -0.4 is 11.1 Å². The zero-order chi connectivity index (χ0) is 15.4. The molecule has 21 heavy (non-hydrogen) atoms. The summed E-state index contributed by atoms with van der Waals surface area (Å²) >= 11 is 0. The summed E-state index contributed by atoms with van der Waals surface area (Å²) < 4.78 is 0. The second-order valence-electron chi connectivity index (χ2n) is 5.62. The normalized spacial score (nSPS) is 15.9. The van der Waals surface area contributed by atoms with Gasteiger partial charge in [-0.05, 0) is 31.4 Å². The second-order valence-corrected chi connectivity index (χ2v) is 5.62. The Labute approximate surface area is 125 Å². The van der Waals surface area contributed by atoms with Crippen LogP contribution in [0.1, 0.15) is 35.7 Å². The fourth-order valence-electron chi connectivity index (χ4n) is 2.50. The quantitative estimate of drug-likeness (QED) is 0.887. The van der Waals surface area contributed by atoms with Crippen molar-refractivity contribution < 1.29 is 9.59 Å². The molecule has 5 nitrogen and oxygen atoms in total. The van der Waals surface area contributed by atoms with Gasteiger partial charge < -0.3 is 16.0 Å². The minimum absolute atomic E-state index is 0.00121. The summed E-state index contributed by atoms with van der Waals surface area (Å²) in [6.45, 7) is 5.53. The van der Waals surface area contributed by atoms with Gasteiger partial charge in [-0.2, -0.15) is 0 Å². The Hall–Kier alpha value is -1.88. The van der Waals surface area contributed by atoms with E-state index in [1.165, 1.54) is 0 Å². The maximum atomic E-state index is 12.7. The Morgan fingerprint density at radius 2 is 2.00 bits per heavy atom. The van der Waals surface area contributed by atoms with Gasteiger partial charge >= 0.3 is 0 Å². The first-order valence-electron chi connectivity index (χ1n) is 7.44. The minimum Gasteiger partial charge on any atom is -0.339 e. The lowest BCUT2D eigenvalue weighted by molar-refractivity contribution is -0.119. The third kappa shape index (κ3) is 3.42. The predicted octanol–water partition coefficient (Wildman–Crippen LogP) is 1.76. The SMILES string of the molecule is Cc1cccc(NC(=O)C(C)CN)c1C(=O)N1CCCC1. The fraction of sp³-hybridized carbons (Fsp3) is 0.500. The molecule has 1 aromatic rings. The van der Waals surface area contributed by atoms with Crippen LogP contribution in [0.25, 0.3) is 0 Å². The Bertz CT molecular complexity index is 536. The van der Waals surface area contributed by atoms with Crippen LogP contribution in [0.2, 0.25) is 0 Å². The first-order valence-corrected chi connectivity index (χ1v) is 7.44. The molecule has 0 aliphatic carbocycles. The van der Waals surface area contributed by atoms with Gasteiger partial charge in [-0.1, -0.05) is 19.1 Å². The average molecular weight is 289 g/mol. The minimum atomic E-state index is -0.278. The number of nitrogens with zero attached hydrogens (tertiary/aromatic N) is 1. The Balaban J connectivity index is 2.27. The van der Waals surface area contributed by atoms with Gasteiger partial charge in [-0.3, -0.25) is 9.59 Å². The third-order valence-electron chi connectivity index (χ3n) is 3.94. The largest absolute Gasteiger partial charge is 0.339 e. The summed E-state index contributed by atoms with van der Waals surface area (Å²) in [7, 11) is 0. The molecule has 2 rings (SSSR count). The van der Waals surface area contributed by atoms with Gasteiger partial charge in [0.2, 0.25) is 5.91 Å². The van der Waals surface area contributed by atoms with E-state index in [2.05, 4.69) is 5.32 Å². The monoisotopic (exact) mass is 289 g/mol. The molecule has 114 valence electrons. The highest BCUT2D eigenvalue weighted by atomic mass is 16.2. The van der Waals surface area contributed by atoms with E-state index >= 15 is 0 Å². The number of hydrogen-bond donors (Lipinski definition) is 2. The molecule has 1 aliphatic heterocycles. The lowest BCUT2D eigenvalue weighted by Gasteiger charge is -2.20. The van der Waals surface area contributed by atoms with Crippen LogP contribution >= 0.6 is 0 Å². The number of likely N-dealkylation sites (tertiary alicyclic amines) is 1. The van der Waals surface area contributed by atoms with Gasteiger partial charge in [0.15, 0.2) is 0 Å². The maximum Gasteiger partial charge on any atom is 0.256 e. The van der Waals surface area contributed by atoms with Crippen molar-refractivity contribution in [2.75, 3.05) is 25.0 Å². The van der Waals surface area contributed by atoms with E-state index in [1.807, 2.05) is 24.0 Å². The highest BCUT2D eigenvalue weighted by molar-refractivity contribution is 6.05. The van der Waals surface area contributed by atoms with Gasteiger partial charge in [0.25, 0.3) is 5.91 Å². The molecule has 1 unspecified atom stereocenters. The summed E-state index contributed by atoms with van der Waals surface area (Å²) in [4.78, 5) is 26.5. The van der Waals surface area contributed by atoms with E-state index in [1.54, 1.807) is 13.0 Å². The van der Waals surface area contributed by atoms with E-state index in [9.17, 15) is 9.59 Å². The van der Waals surface area contributed by atoms with E-state index in [0.29, 0.717) is 11.3 Å². The molecule has 1 fully saturated rings. The molecule has 5 heteroatoms. The summed E-state index contributed by atoms with van der Waals surface area (Å²) in [5.74, 6) is -0.430. The summed E-state index contributed by atoms with van der Waals surface area (Å²) in [5.41, 5.74) is 7.57. The summed E-state index contributed by atoms with van der Waals surface area (Å²) in [6.07, 6.45) is 2.09. The van der Waals surface area contributed by atoms with Gasteiger partial charge in [0.1, 0.15) is 0 Å². The number of nitrogens with two attached hydrogens (primary N) is 1. The average Bonchev–Trinajstić information content (AvgIpc) is 3.00. The molecule has 1 atom stereocenters. The van der Waals surface area contributed by atoms with Gasteiger partial charge in [-0.15, -0.1) is 0 Å². The number of carbonyl (C=O) groups excluding carboxylic acids is 2. The van der Waals surface area contributed by atoms with Crippen molar-refractivity contribution in [3.8, 4) is 0 Å². The zero-order valence-corrected chi connectivity index (χ0v) is 12.7. The summed E-state index contributed by atoms with van der Waals surface area (Å²) in [6, 6.07) is 5.52. The van der Waals surface area contributed by atoms with Crippen molar-refractivity contribution in [2.45, 2.75) is 26.7 Å². The van der Waals surface area contributed by atoms with Crippen LogP contribution in [0, 0.1) is 12.8 Å². The standard InChI is InChI=1S/C16H23N3O2/c1-11-6-5-7-13(18-15(20)12(2)10-17)14(11)16(21)19-8-3-4-9-19/h5-7,12H,3-4,8-10,17H2,1-2H3,(H,18,20). The predicted molar refractivity (Wildman–Crippen MR) is 83.2 cm³/mol. The van der Waals surface area contributed by atoms with Crippen LogP contribution in [-0.2, 0) is 4.79 Å². The van der Waals surface area contributed by atoms with Crippen LogP contribution in [0.15, 0.2) is 18.2 Å². The van der Waals surface area contributed by atoms with Crippen LogP contribution in [0.3, 0.4) is 0 Å². The number of aryl methyl sites for hydroxylation is 1. The van der Waals surface area contributed by atoms with E-state index in [0.717, 1.165) is 31.5 Å². The number of rotatable bonds is 4. The van der Waals surface area contributed by atoms with Crippen molar-refractivity contribution >= 4 is 17.5 Å². The molecule has 3 N–H and O–H groups in total. The maximum absolute atomic E-state index is 12.7. The third-order valence-corrected chi connectivity index (χ3v) is 3.94. The molecule has 0 spiro atoms. The number of benzene rings is 1. The fourth-order valence-corrected chi connectivity index (χ4v) is 2.50. The van der Waals surface area contributed by atoms with Gasteiger partial charge in [-0.25, -0.2) is 0 Å². The summed E-state index contributed by atoms with van der Waals surface area (Å²) in [5, 5.41) is 2.84. The van der Waals surface area contributed by atoms with Gasteiger partial charge in [0, 0.05) is 25.6 Å². The van der Waals surface area contributed by atoms with Crippen molar-refractivity contribution in [1.82, 2.24) is 4.90 Å². The Morgan fingerprint density at radius 1 is 1.33 bits per heavy atom. The Kier molecular flexibility index (Phi) is 4.96. The van der Waals surface area contributed by atoms with E-state index in [4.69, 9.17) is 5.73 Å². The molecule has 2 amide bonds. The topological polar surface area (TPSA) is 75.4 Å². The molecule has 0 bridgehead atoms. The number of carbonyl (C=O) groups is 2. The van der Waals surface area contributed by atoms with E-state index in [-0.39, 0.29) is 24.3 Å². The van der Waals surface area contributed by atoms with E-state index < -0.39 is 0 Å². The molecule has 1 aliphatic rings. The van der Waals surface area contributed by atoms with Crippen molar-refractivity contribution in [1.29, 1.82) is 0 Å². The smallest absolute Gasteiger partial charge is 0.256 e. The molecule has 1 saturated heterocycles. The highest BCUT2D eigenvalue weighted by Gasteiger charge is 2.24. The van der Waals surface area contributed by atoms with Gasteiger partial charge in [0.05, 0.1) is 11.3 Å². The number of nitrogens with one attached hydrogen (secondary N) is 1. The van der Waals surface area contributed by atoms with Crippen LogP contribution in [0.4, 0.5) is 5.69 Å². The molecule has 1 aromatic carbocycles. The first-order chi connectivity index (χ1) is 10.0. The number of anilines is 1. The van der Waals surface area contributed by atoms with Crippen molar-refractivity contribution in [3.63, 3.8) is 0 Å². The highest BCUT2D eigenvalue weighted by Crippen LogP contribution is 2.24. The molecule has 0 saturated carbocycles. The number of hydrogen-bond acceptors (Lipinski definition) is 3. The Morgan fingerprint density at radius 3 is 2.62 bits per heavy atom. The molecule has 0 radical (unpaired) electrons. The lowest BCUT2D eigenvalue weighted by Crippen LogP contribution is -2.31. The molecule has 0 aromatic heterocycles. The molecule has 1 heterocycles. The zero-order valence-electron chi connectivity index (χ0n) is 12.7. The van der Waals surface area contributed by atoms with Crippen LogP contribution in [0.5, 0.6) is 0 Å². The molecular formula is C16H23N3O2. The first kappa shape index (κ1) is 15.5. The second kappa shape index (κ2) is 6.72. The number of amides is 2. The molecular weight excluding hydrogens is 266 g/mol. The lowest BCUT2D eigenvalue weighted by atomic mass is 10.0. The van der Waals surface area contributed by atoms with Crippen molar-refractivity contribution in [3.05, 3.63) is 29.3 Å².